The van der Waals surface area contributed by atoms with Crippen molar-refractivity contribution in [3.05, 3.63) is 76.1 Å². The van der Waals surface area contributed by atoms with Gasteiger partial charge in [-0.3, -0.25) is 4.90 Å². The van der Waals surface area contributed by atoms with E-state index in [-0.39, 0.29) is 0 Å². The zero-order chi connectivity index (χ0) is 18.6. The van der Waals surface area contributed by atoms with Gasteiger partial charge in [-0.25, -0.2) is 0 Å². The summed E-state index contributed by atoms with van der Waals surface area (Å²) < 4.78 is 5.49. The molecule has 0 saturated carbocycles. The lowest BCUT2D eigenvalue weighted by Crippen LogP contribution is -2.46. The number of benzene rings is 2. The molecule has 0 unspecified atom stereocenters. The molecule has 5 nitrogen and oxygen atoms in total. The van der Waals surface area contributed by atoms with Crippen LogP contribution in [0.2, 0.25) is 5.02 Å². The zero-order valence-electron chi connectivity index (χ0n) is 15.4. The maximum atomic E-state index is 5.93. The van der Waals surface area contributed by atoms with Gasteiger partial charge in [-0.15, -0.1) is 0 Å². The highest BCUT2D eigenvalue weighted by molar-refractivity contribution is 6.30. The van der Waals surface area contributed by atoms with Crippen molar-refractivity contribution < 1.29 is 4.52 Å². The fourth-order valence-corrected chi connectivity index (χ4v) is 3.48. The Kier molecular flexibility index (Phi) is 5.41. The number of aromatic nitrogens is 2. The lowest BCUT2D eigenvalue weighted by molar-refractivity contribution is 0.242. The first kappa shape index (κ1) is 18.0. The van der Waals surface area contributed by atoms with Crippen LogP contribution in [0.4, 0.5) is 6.01 Å². The molecule has 2 heterocycles. The number of hydrogen-bond acceptors (Lipinski definition) is 5. The van der Waals surface area contributed by atoms with Crippen LogP contribution in [0.25, 0.3) is 0 Å². The Morgan fingerprint density at radius 1 is 1.00 bits per heavy atom. The smallest absolute Gasteiger partial charge is 0.322 e. The molecular weight excluding hydrogens is 360 g/mol. The molecule has 1 aliphatic rings. The third-order valence-electron chi connectivity index (χ3n) is 5.03. The SMILES string of the molecule is Cc1ccccc1CN1CCN(c2nc(Cc3ccc(Cl)cc3)no2)CC1. The number of hydrogen-bond donors (Lipinski definition) is 0. The standard InChI is InChI=1S/C21H23ClN4O/c1-16-4-2-3-5-18(16)15-25-10-12-26(13-11-25)21-23-20(24-27-21)14-17-6-8-19(22)9-7-17/h2-9H,10-15H2,1H3. The minimum atomic E-state index is 0.620. The van der Waals surface area contributed by atoms with Gasteiger partial charge in [0.25, 0.3) is 0 Å². The third kappa shape index (κ3) is 4.49. The lowest BCUT2D eigenvalue weighted by atomic mass is 10.1. The summed E-state index contributed by atoms with van der Waals surface area (Å²) in [4.78, 5) is 9.22. The number of anilines is 1. The number of nitrogens with zero attached hydrogens (tertiary/aromatic N) is 4. The van der Waals surface area contributed by atoms with Crippen LogP contribution in [0.3, 0.4) is 0 Å². The average molecular weight is 383 g/mol. The number of piperazine rings is 1. The quantitative estimate of drug-likeness (QED) is 0.668. The predicted molar refractivity (Wildman–Crippen MR) is 107 cm³/mol. The summed E-state index contributed by atoms with van der Waals surface area (Å²) in [7, 11) is 0. The van der Waals surface area contributed by atoms with Gasteiger partial charge in [0.05, 0.1) is 0 Å². The van der Waals surface area contributed by atoms with E-state index in [9.17, 15) is 0 Å². The molecule has 27 heavy (non-hydrogen) atoms. The minimum Gasteiger partial charge on any atom is -0.322 e. The second-order valence-electron chi connectivity index (χ2n) is 6.99. The number of halogens is 1. The Labute approximate surface area is 164 Å². The van der Waals surface area contributed by atoms with E-state index in [1.165, 1.54) is 11.1 Å². The van der Waals surface area contributed by atoms with E-state index >= 15 is 0 Å². The first-order chi connectivity index (χ1) is 13.2. The van der Waals surface area contributed by atoms with Gasteiger partial charge < -0.3 is 9.42 Å². The summed E-state index contributed by atoms with van der Waals surface area (Å²) in [6, 6.07) is 16.9. The Morgan fingerprint density at radius 3 is 2.48 bits per heavy atom. The van der Waals surface area contributed by atoms with Gasteiger partial charge >= 0.3 is 6.01 Å². The second kappa shape index (κ2) is 8.11. The van der Waals surface area contributed by atoms with Gasteiger partial charge in [-0.1, -0.05) is 53.2 Å². The van der Waals surface area contributed by atoms with E-state index < -0.39 is 0 Å². The van der Waals surface area contributed by atoms with E-state index in [2.05, 4.69) is 51.1 Å². The van der Waals surface area contributed by atoms with Crippen molar-refractivity contribution in [3.8, 4) is 0 Å². The first-order valence-electron chi connectivity index (χ1n) is 9.26. The van der Waals surface area contributed by atoms with E-state index in [0.717, 1.165) is 43.3 Å². The summed E-state index contributed by atoms with van der Waals surface area (Å²) in [6.45, 7) is 6.94. The second-order valence-corrected chi connectivity index (χ2v) is 7.42. The van der Waals surface area contributed by atoms with Crippen LogP contribution in [0, 0.1) is 6.92 Å². The fraction of sp³-hybridized carbons (Fsp3) is 0.333. The summed E-state index contributed by atoms with van der Waals surface area (Å²) >= 11 is 5.93. The topological polar surface area (TPSA) is 45.4 Å². The van der Waals surface area contributed by atoms with Gasteiger partial charge in [0.2, 0.25) is 0 Å². The van der Waals surface area contributed by atoms with Crippen molar-refractivity contribution in [1.29, 1.82) is 0 Å². The van der Waals surface area contributed by atoms with Crippen LogP contribution in [-0.4, -0.2) is 41.2 Å². The first-order valence-corrected chi connectivity index (χ1v) is 9.64. The molecule has 0 radical (unpaired) electrons. The van der Waals surface area contributed by atoms with Crippen LogP contribution in [0.5, 0.6) is 0 Å². The van der Waals surface area contributed by atoms with Gasteiger partial charge in [-0.05, 0) is 35.7 Å². The van der Waals surface area contributed by atoms with Gasteiger partial charge in [0.1, 0.15) is 0 Å². The van der Waals surface area contributed by atoms with Crippen molar-refractivity contribution in [3.63, 3.8) is 0 Å². The Morgan fingerprint density at radius 2 is 1.74 bits per heavy atom. The molecule has 0 amide bonds. The minimum absolute atomic E-state index is 0.620. The van der Waals surface area contributed by atoms with Gasteiger partial charge in [0.15, 0.2) is 5.82 Å². The molecule has 0 aliphatic carbocycles. The van der Waals surface area contributed by atoms with E-state index in [1.807, 2.05) is 24.3 Å². The monoisotopic (exact) mass is 382 g/mol. The van der Waals surface area contributed by atoms with Crippen molar-refractivity contribution in [1.82, 2.24) is 15.0 Å². The Bertz CT molecular complexity index is 885. The molecule has 0 spiro atoms. The molecule has 1 fully saturated rings. The molecule has 6 heteroatoms. The van der Waals surface area contributed by atoms with E-state index in [0.29, 0.717) is 18.3 Å². The predicted octanol–water partition coefficient (Wildman–Crippen LogP) is 3.94. The van der Waals surface area contributed by atoms with Crippen molar-refractivity contribution in [2.75, 3.05) is 31.1 Å². The van der Waals surface area contributed by atoms with Crippen molar-refractivity contribution >= 4 is 17.6 Å². The van der Waals surface area contributed by atoms with Crippen LogP contribution in [0.15, 0.2) is 53.1 Å². The molecule has 1 aromatic heterocycles. The average Bonchev–Trinajstić information content (AvgIpc) is 3.15. The molecule has 1 saturated heterocycles. The van der Waals surface area contributed by atoms with Crippen LogP contribution in [-0.2, 0) is 13.0 Å². The van der Waals surface area contributed by atoms with Gasteiger partial charge in [0, 0.05) is 44.2 Å². The Balaban J connectivity index is 1.33. The van der Waals surface area contributed by atoms with Crippen LogP contribution >= 0.6 is 11.6 Å². The highest BCUT2D eigenvalue weighted by Crippen LogP contribution is 2.18. The fourth-order valence-electron chi connectivity index (χ4n) is 3.36. The van der Waals surface area contributed by atoms with Crippen molar-refractivity contribution in [2.45, 2.75) is 19.9 Å². The summed E-state index contributed by atoms with van der Waals surface area (Å²) in [5.41, 5.74) is 3.87. The largest absolute Gasteiger partial charge is 0.324 e. The van der Waals surface area contributed by atoms with Crippen LogP contribution in [0.1, 0.15) is 22.5 Å². The molecule has 1 aliphatic heterocycles. The van der Waals surface area contributed by atoms with Crippen molar-refractivity contribution in [2.24, 2.45) is 0 Å². The Hall–Kier alpha value is -2.37. The maximum absolute atomic E-state index is 5.93. The molecule has 2 aromatic carbocycles. The number of aryl methyl sites for hydroxylation is 1. The van der Waals surface area contributed by atoms with E-state index in [1.54, 1.807) is 0 Å². The molecule has 140 valence electrons. The number of rotatable bonds is 5. The van der Waals surface area contributed by atoms with Crippen LogP contribution < -0.4 is 4.90 Å². The van der Waals surface area contributed by atoms with Gasteiger partial charge in [-0.2, -0.15) is 4.98 Å². The molecule has 0 N–H and O–H groups in total. The summed E-state index contributed by atoms with van der Waals surface area (Å²) in [5.74, 6) is 0.703. The molecule has 4 rings (SSSR count). The third-order valence-corrected chi connectivity index (χ3v) is 5.28. The van der Waals surface area contributed by atoms with E-state index in [4.69, 9.17) is 16.1 Å². The maximum Gasteiger partial charge on any atom is 0.324 e. The highest BCUT2D eigenvalue weighted by atomic mass is 35.5. The molecule has 3 aromatic rings. The molecule has 0 atom stereocenters. The summed E-state index contributed by atoms with van der Waals surface area (Å²) in [6.07, 6.45) is 0.647. The normalized spacial score (nSPS) is 15.3. The summed E-state index contributed by atoms with van der Waals surface area (Å²) in [5, 5.41) is 4.87. The molecule has 0 bridgehead atoms. The highest BCUT2D eigenvalue weighted by Gasteiger charge is 2.21. The lowest BCUT2D eigenvalue weighted by Gasteiger charge is -2.33. The zero-order valence-corrected chi connectivity index (χ0v) is 16.2. The molecular formula is C21H23ClN4O.